The largest absolute Gasteiger partial charge is 0.492 e. The van der Waals surface area contributed by atoms with Gasteiger partial charge in [-0.05, 0) is 94.1 Å². The second-order valence-corrected chi connectivity index (χ2v) is 7.53. The van der Waals surface area contributed by atoms with Gasteiger partial charge in [-0.25, -0.2) is 5.43 Å². The molecule has 26 heavy (non-hydrogen) atoms. The Labute approximate surface area is 180 Å². The maximum absolute atomic E-state index is 11.9. The summed E-state index contributed by atoms with van der Waals surface area (Å²) in [6.07, 6.45) is 1.58. The van der Waals surface area contributed by atoms with Gasteiger partial charge in [0.2, 0.25) is 0 Å². The fourth-order valence-corrected chi connectivity index (χ4v) is 3.30. The van der Waals surface area contributed by atoms with Crippen molar-refractivity contribution >= 4 is 63.0 Å². The van der Waals surface area contributed by atoms with E-state index in [0.717, 1.165) is 18.4 Å². The summed E-state index contributed by atoms with van der Waals surface area (Å²) in [7, 11) is 1.61. The lowest BCUT2D eigenvalue weighted by Gasteiger charge is -2.11. The van der Waals surface area contributed by atoms with E-state index in [1.165, 1.54) is 0 Å². The molecule has 0 atom stereocenters. The van der Waals surface area contributed by atoms with Gasteiger partial charge in [0.1, 0.15) is 0 Å². The van der Waals surface area contributed by atoms with Gasteiger partial charge >= 0.3 is 0 Å². The number of amides is 1. The molecule has 0 aliphatic rings. The molecule has 2 aromatic rings. The van der Waals surface area contributed by atoms with Crippen molar-refractivity contribution in [2.24, 2.45) is 5.10 Å². The molecule has 0 saturated heterocycles. The molecule has 1 amide bonds. The van der Waals surface area contributed by atoms with Crippen LogP contribution in [0, 0.1) is 7.14 Å². The Morgan fingerprint density at radius 3 is 2.62 bits per heavy atom. The Hall–Kier alpha value is -1.56. The summed E-state index contributed by atoms with van der Waals surface area (Å²) < 4.78 is 13.0. The van der Waals surface area contributed by atoms with Crippen LogP contribution >= 0.6 is 45.2 Å². The Morgan fingerprint density at radius 2 is 1.96 bits per heavy atom. The minimum Gasteiger partial charge on any atom is -0.492 e. The number of methoxy groups -OCH3 is 1. The highest BCUT2D eigenvalue weighted by Crippen LogP contribution is 2.33. The Kier molecular flexibility index (Phi) is 8.42. The monoisotopic (exact) mass is 579 g/mol. The lowest BCUT2D eigenvalue weighted by atomic mass is 10.2. The molecule has 6 nitrogen and oxygen atoms in total. The number of hydrogen-bond acceptors (Lipinski definition) is 5. The van der Waals surface area contributed by atoms with Crippen LogP contribution in [0.25, 0.3) is 0 Å². The van der Waals surface area contributed by atoms with Gasteiger partial charge in [-0.15, -0.1) is 0 Å². The molecule has 0 spiro atoms. The van der Waals surface area contributed by atoms with E-state index in [9.17, 15) is 4.79 Å². The third-order valence-electron chi connectivity index (χ3n) is 3.24. The number of benzene rings is 2. The molecular formula is C18H19I2N3O3. The van der Waals surface area contributed by atoms with Crippen molar-refractivity contribution in [1.82, 2.24) is 5.43 Å². The molecule has 0 aliphatic heterocycles. The van der Waals surface area contributed by atoms with Gasteiger partial charge in [-0.2, -0.15) is 5.10 Å². The summed E-state index contributed by atoms with van der Waals surface area (Å²) in [6.45, 7) is 2.59. The summed E-state index contributed by atoms with van der Waals surface area (Å²) >= 11 is 4.41. The van der Waals surface area contributed by atoms with Crippen LogP contribution in [0.5, 0.6) is 11.5 Å². The van der Waals surface area contributed by atoms with Gasteiger partial charge in [0.05, 0.1) is 30.0 Å². The van der Waals surface area contributed by atoms with Gasteiger partial charge in [-0.1, -0.05) is 0 Å². The number of nitrogens with zero attached hydrogens (tertiary/aromatic N) is 1. The van der Waals surface area contributed by atoms with Gasteiger partial charge in [0.15, 0.2) is 11.5 Å². The Balaban J connectivity index is 1.92. The predicted octanol–water partition coefficient (Wildman–Crippen LogP) is 3.87. The number of hydrazone groups is 1. The van der Waals surface area contributed by atoms with Gasteiger partial charge in [0, 0.05) is 9.26 Å². The van der Waals surface area contributed by atoms with Crippen LogP contribution < -0.4 is 20.2 Å². The third-order valence-corrected chi connectivity index (χ3v) is 4.76. The standard InChI is InChI=1S/C18H19I2N3O3/c1-3-26-16-9-12(8-15(20)18(16)25-2)10-22-23-17(24)11-21-14-6-4-13(19)5-7-14/h4-10,21H,3,11H2,1-2H3,(H,23,24)/b22-10-. The fraction of sp³-hybridized carbons (Fsp3) is 0.222. The number of carbonyl (C=O) groups is 1. The Morgan fingerprint density at radius 1 is 1.23 bits per heavy atom. The molecule has 0 saturated carbocycles. The van der Waals surface area contributed by atoms with E-state index in [2.05, 4.69) is 61.0 Å². The third kappa shape index (κ3) is 6.31. The number of halogens is 2. The zero-order chi connectivity index (χ0) is 18.9. The van der Waals surface area contributed by atoms with Crippen molar-refractivity contribution in [3.05, 3.63) is 49.1 Å². The van der Waals surface area contributed by atoms with E-state index in [-0.39, 0.29) is 12.5 Å². The van der Waals surface area contributed by atoms with E-state index < -0.39 is 0 Å². The zero-order valence-electron chi connectivity index (χ0n) is 14.4. The van der Waals surface area contributed by atoms with Crippen molar-refractivity contribution < 1.29 is 14.3 Å². The van der Waals surface area contributed by atoms with Gasteiger partial charge in [0.25, 0.3) is 5.91 Å². The SMILES string of the molecule is CCOc1cc(/C=N\NC(=O)CNc2ccc(I)cc2)cc(I)c1OC. The molecule has 2 aromatic carbocycles. The first-order valence-corrected chi connectivity index (χ1v) is 10.0. The van der Waals surface area contributed by atoms with Crippen molar-refractivity contribution in [2.75, 3.05) is 25.6 Å². The van der Waals surface area contributed by atoms with Crippen LogP contribution in [0.4, 0.5) is 5.69 Å². The zero-order valence-corrected chi connectivity index (χ0v) is 18.7. The van der Waals surface area contributed by atoms with Gasteiger partial charge in [-0.3, -0.25) is 4.79 Å². The van der Waals surface area contributed by atoms with Crippen LogP contribution in [0.15, 0.2) is 41.5 Å². The fourth-order valence-electron chi connectivity index (χ4n) is 2.09. The van der Waals surface area contributed by atoms with E-state index in [1.54, 1.807) is 13.3 Å². The number of nitrogens with one attached hydrogen (secondary N) is 2. The van der Waals surface area contributed by atoms with Crippen LogP contribution in [0.2, 0.25) is 0 Å². The van der Waals surface area contributed by atoms with E-state index in [1.807, 2.05) is 43.3 Å². The highest BCUT2D eigenvalue weighted by Gasteiger charge is 2.10. The summed E-state index contributed by atoms with van der Waals surface area (Å²) in [4.78, 5) is 11.9. The maximum atomic E-state index is 11.9. The number of hydrogen-bond donors (Lipinski definition) is 2. The molecule has 0 bridgehead atoms. The average molecular weight is 579 g/mol. The van der Waals surface area contributed by atoms with Crippen molar-refractivity contribution in [3.8, 4) is 11.5 Å². The predicted molar refractivity (Wildman–Crippen MR) is 120 cm³/mol. The number of rotatable bonds is 8. The first-order chi connectivity index (χ1) is 12.5. The lowest BCUT2D eigenvalue weighted by molar-refractivity contribution is -0.119. The molecule has 0 fully saturated rings. The molecule has 138 valence electrons. The van der Waals surface area contributed by atoms with Crippen molar-refractivity contribution in [2.45, 2.75) is 6.92 Å². The van der Waals surface area contributed by atoms with Crippen LogP contribution in [0.3, 0.4) is 0 Å². The smallest absolute Gasteiger partial charge is 0.259 e. The number of carbonyl (C=O) groups excluding carboxylic acids is 1. The highest BCUT2D eigenvalue weighted by atomic mass is 127. The molecule has 0 heterocycles. The molecule has 0 unspecified atom stereocenters. The summed E-state index contributed by atoms with van der Waals surface area (Å²) in [6, 6.07) is 11.5. The van der Waals surface area contributed by atoms with Crippen LogP contribution in [-0.4, -0.2) is 32.4 Å². The Bertz CT molecular complexity index is 780. The lowest BCUT2D eigenvalue weighted by Crippen LogP contribution is -2.25. The second-order valence-electron chi connectivity index (χ2n) is 5.12. The topological polar surface area (TPSA) is 72.0 Å². The minimum atomic E-state index is -0.229. The quantitative estimate of drug-likeness (QED) is 0.283. The van der Waals surface area contributed by atoms with Crippen molar-refractivity contribution in [1.29, 1.82) is 0 Å². The van der Waals surface area contributed by atoms with Gasteiger partial charge < -0.3 is 14.8 Å². The summed E-state index contributed by atoms with van der Waals surface area (Å²) in [5.41, 5.74) is 4.20. The molecule has 2 rings (SSSR count). The molecule has 2 N–H and O–H groups in total. The molecule has 8 heteroatoms. The highest BCUT2D eigenvalue weighted by molar-refractivity contribution is 14.1. The first-order valence-electron chi connectivity index (χ1n) is 7.85. The minimum absolute atomic E-state index is 0.141. The average Bonchev–Trinajstić information content (AvgIpc) is 2.61. The first kappa shape index (κ1) is 20.7. The van der Waals surface area contributed by atoms with Crippen LogP contribution in [0.1, 0.15) is 12.5 Å². The molecular weight excluding hydrogens is 560 g/mol. The molecule has 0 aromatic heterocycles. The van der Waals surface area contributed by atoms with Crippen molar-refractivity contribution in [3.63, 3.8) is 0 Å². The number of ether oxygens (including phenoxy) is 2. The van der Waals surface area contributed by atoms with E-state index in [0.29, 0.717) is 18.1 Å². The summed E-state index contributed by atoms with van der Waals surface area (Å²) in [5, 5.41) is 7.04. The molecule has 0 radical (unpaired) electrons. The second kappa shape index (κ2) is 10.6. The maximum Gasteiger partial charge on any atom is 0.259 e. The summed E-state index contributed by atoms with van der Waals surface area (Å²) in [5.74, 6) is 1.11. The normalized spacial score (nSPS) is 10.6. The number of anilines is 1. The van der Waals surface area contributed by atoms with Crippen LogP contribution in [-0.2, 0) is 4.79 Å². The van der Waals surface area contributed by atoms with E-state index in [4.69, 9.17) is 9.47 Å². The van der Waals surface area contributed by atoms with E-state index >= 15 is 0 Å². The molecule has 0 aliphatic carbocycles.